The number of hydrogen-bond acceptors (Lipinski definition) is 5. The molecule has 0 aliphatic rings. The van der Waals surface area contributed by atoms with Crippen molar-refractivity contribution in [3.8, 4) is 10.7 Å². The van der Waals surface area contributed by atoms with Crippen LogP contribution in [-0.4, -0.2) is 22.5 Å². The first-order valence-corrected chi connectivity index (χ1v) is 7.66. The third kappa shape index (κ3) is 3.63. The lowest BCUT2D eigenvalue weighted by Gasteiger charge is -2.02. The lowest BCUT2D eigenvalue weighted by molar-refractivity contribution is -0.143. The van der Waals surface area contributed by atoms with E-state index in [2.05, 4.69) is 23.0 Å². The SMILES string of the molecule is CCOC(=O)CCc1csc(-c2ncccc2CC)n1. The predicted octanol–water partition coefficient (Wildman–Crippen LogP) is 3.26. The molecule has 0 bridgehead atoms. The number of ether oxygens (including phenoxy) is 1. The molecule has 106 valence electrons. The van der Waals surface area contributed by atoms with Gasteiger partial charge in [0, 0.05) is 18.0 Å². The highest BCUT2D eigenvalue weighted by Crippen LogP contribution is 2.25. The topological polar surface area (TPSA) is 52.1 Å². The van der Waals surface area contributed by atoms with Gasteiger partial charge in [0.1, 0.15) is 10.7 Å². The Morgan fingerprint density at radius 3 is 3.00 bits per heavy atom. The first kappa shape index (κ1) is 14.7. The predicted molar refractivity (Wildman–Crippen MR) is 79.7 cm³/mol. The molecule has 0 N–H and O–H groups in total. The van der Waals surface area contributed by atoms with Crippen LogP contribution in [0.2, 0.25) is 0 Å². The first-order chi connectivity index (χ1) is 9.74. The smallest absolute Gasteiger partial charge is 0.306 e. The molecular formula is C15H18N2O2S. The second-order valence-corrected chi connectivity index (χ2v) is 5.17. The lowest BCUT2D eigenvalue weighted by Crippen LogP contribution is -2.05. The zero-order valence-corrected chi connectivity index (χ0v) is 12.6. The summed E-state index contributed by atoms with van der Waals surface area (Å²) in [5.41, 5.74) is 3.06. The highest BCUT2D eigenvalue weighted by atomic mass is 32.1. The maximum absolute atomic E-state index is 11.3. The summed E-state index contributed by atoms with van der Waals surface area (Å²) in [7, 11) is 0. The average molecular weight is 290 g/mol. The Hall–Kier alpha value is -1.75. The Labute approximate surface area is 122 Å². The van der Waals surface area contributed by atoms with E-state index in [0.29, 0.717) is 19.4 Å². The van der Waals surface area contributed by atoms with E-state index in [4.69, 9.17) is 4.74 Å². The minimum Gasteiger partial charge on any atom is -0.466 e. The van der Waals surface area contributed by atoms with Crippen LogP contribution in [0, 0.1) is 0 Å². The summed E-state index contributed by atoms with van der Waals surface area (Å²) in [5, 5.41) is 2.91. The van der Waals surface area contributed by atoms with Gasteiger partial charge in [-0.1, -0.05) is 13.0 Å². The molecule has 0 atom stereocenters. The minimum atomic E-state index is -0.172. The molecule has 20 heavy (non-hydrogen) atoms. The van der Waals surface area contributed by atoms with Crippen LogP contribution in [0.25, 0.3) is 10.7 Å². The molecule has 0 saturated carbocycles. The van der Waals surface area contributed by atoms with Gasteiger partial charge in [-0.3, -0.25) is 9.78 Å². The van der Waals surface area contributed by atoms with Gasteiger partial charge in [0.15, 0.2) is 0 Å². The summed E-state index contributed by atoms with van der Waals surface area (Å²) in [6.45, 7) is 4.34. The van der Waals surface area contributed by atoms with Crippen LogP contribution in [0.15, 0.2) is 23.7 Å². The van der Waals surface area contributed by atoms with Crippen molar-refractivity contribution >= 4 is 17.3 Å². The summed E-state index contributed by atoms with van der Waals surface area (Å²) in [6, 6.07) is 4.01. The van der Waals surface area contributed by atoms with Crippen LogP contribution in [0.1, 0.15) is 31.5 Å². The first-order valence-electron chi connectivity index (χ1n) is 6.78. The second-order valence-electron chi connectivity index (χ2n) is 4.31. The Kier molecular flexibility index (Phi) is 5.24. The number of carbonyl (C=O) groups excluding carboxylic acids is 1. The van der Waals surface area contributed by atoms with E-state index < -0.39 is 0 Å². The number of rotatable bonds is 6. The summed E-state index contributed by atoms with van der Waals surface area (Å²) >= 11 is 1.57. The maximum Gasteiger partial charge on any atom is 0.306 e. The zero-order chi connectivity index (χ0) is 14.4. The van der Waals surface area contributed by atoms with Gasteiger partial charge < -0.3 is 4.74 Å². The molecular weight excluding hydrogens is 272 g/mol. The number of esters is 1. The third-order valence-electron chi connectivity index (χ3n) is 2.92. The fourth-order valence-electron chi connectivity index (χ4n) is 1.91. The van der Waals surface area contributed by atoms with Gasteiger partial charge in [-0.05, 0) is 25.0 Å². The van der Waals surface area contributed by atoms with Gasteiger partial charge in [0.25, 0.3) is 0 Å². The number of aryl methyl sites for hydroxylation is 2. The summed E-state index contributed by atoms with van der Waals surface area (Å²) in [5.74, 6) is -0.172. The molecule has 0 aliphatic carbocycles. The largest absolute Gasteiger partial charge is 0.466 e. The van der Waals surface area contributed by atoms with E-state index in [1.54, 1.807) is 17.5 Å². The summed E-state index contributed by atoms with van der Waals surface area (Å²) in [6.07, 6.45) is 3.71. The quantitative estimate of drug-likeness (QED) is 0.766. The number of aromatic nitrogens is 2. The Balaban J connectivity index is 2.07. The van der Waals surface area contributed by atoms with Crippen molar-refractivity contribution in [2.45, 2.75) is 33.1 Å². The minimum absolute atomic E-state index is 0.172. The van der Waals surface area contributed by atoms with Crippen LogP contribution >= 0.6 is 11.3 Å². The van der Waals surface area contributed by atoms with Crippen molar-refractivity contribution in [2.24, 2.45) is 0 Å². The fraction of sp³-hybridized carbons (Fsp3) is 0.400. The molecule has 0 saturated heterocycles. The van der Waals surface area contributed by atoms with Crippen LogP contribution in [0.5, 0.6) is 0 Å². The Bertz CT molecular complexity index is 581. The zero-order valence-electron chi connectivity index (χ0n) is 11.8. The number of pyridine rings is 1. The van der Waals surface area contributed by atoms with Crippen molar-refractivity contribution in [3.63, 3.8) is 0 Å². The van der Waals surface area contributed by atoms with Gasteiger partial charge in [-0.15, -0.1) is 11.3 Å². The van der Waals surface area contributed by atoms with Crippen molar-refractivity contribution in [1.82, 2.24) is 9.97 Å². The fourth-order valence-corrected chi connectivity index (χ4v) is 2.79. The van der Waals surface area contributed by atoms with Crippen molar-refractivity contribution in [3.05, 3.63) is 35.0 Å². The molecule has 2 rings (SSSR count). The van der Waals surface area contributed by atoms with Gasteiger partial charge in [0.05, 0.1) is 18.7 Å². The number of nitrogens with zero attached hydrogens (tertiary/aromatic N) is 2. The van der Waals surface area contributed by atoms with Gasteiger partial charge in [-0.2, -0.15) is 0 Å². The number of carbonyl (C=O) groups is 1. The van der Waals surface area contributed by atoms with E-state index in [9.17, 15) is 4.79 Å². The third-order valence-corrected chi connectivity index (χ3v) is 3.81. The molecule has 0 fully saturated rings. The Morgan fingerprint density at radius 1 is 1.40 bits per heavy atom. The molecule has 0 amide bonds. The highest BCUT2D eigenvalue weighted by Gasteiger charge is 2.11. The van der Waals surface area contributed by atoms with Crippen molar-refractivity contribution in [2.75, 3.05) is 6.61 Å². The van der Waals surface area contributed by atoms with Crippen LogP contribution in [0.4, 0.5) is 0 Å². The summed E-state index contributed by atoms with van der Waals surface area (Å²) < 4.78 is 4.92. The Morgan fingerprint density at radius 2 is 2.25 bits per heavy atom. The monoisotopic (exact) mass is 290 g/mol. The molecule has 0 spiro atoms. The molecule has 5 heteroatoms. The van der Waals surface area contributed by atoms with E-state index in [1.807, 2.05) is 18.4 Å². The molecule has 4 nitrogen and oxygen atoms in total. The maximum atomic E-state index is 11.3. The van der Waals surface area contributed by atoms with Crippen LogP contribution in [-0.2, 0) is 22.4 Å². The highest BCUT2D eigenvalue weighted by molar-refractivity contribution is 7.13. The van der Waals surface area contributed by atoms with Crippen molar-refractivity contribution in [1.29, 1.82) is 0 Å². The normalized spacial score (nSPS) is 10.5. The van der Waals surface area contributed by atoms with E-state index in [0.717, 1.165) is 22.8 Å². The van der Waals surface area contributed by atoms with E-state index in [-0.39, 0.29) is 5.97 Å². The second kappa shape index (κ2) is 7.14. The van der Waals surface area contributed by atoms with Crippen LogP contribution < -0.4 is 0 Å². The molecule has 2 aromatic heterocycles. The van der Waals surface area contributed by atoms with Gasteiger partial charge in [-0.25, -0.2) is 4.98 Å². The van der Waals surface area contributed by atoms with Gasteiger partial charge >= 0.3 is 5.97 Å². The van der Waals surface area contributed by atoms with Crippen LogP contribution in [0.3, 0.4) is 0 Å². The van der Waals surface area contributed by atoms with E-state index in [1.165, 1.54) is 5.56 Å². The molecule has 2 heterocycles. The molecule has 0 radical (unpaired) electrons. The molecule has 0 unspecified atom stereocenters. The standard InChI is InChI=1S/C15H18N2O2S/c1-3-11-6-5-9-16-14(11)15-17-12(10-20-15)7-8-13(18)19-4-2/h5-6,9-10H,3-4,7-8H2,1-2H3. The number of hydrogen-bond donors (Lipinski definition) is 0. The molecule has 0 aliphatic heterocycles. The molecule has 2 aromatic rings. The summed E-state index contributed by atoms with van der Waals surface area (Å²) in [4.78, 5) is 20.3. The lowest BCUT2D eigenvalue weighted by atomic mass is 10.1. The van der Waals surface area contributed by atoms with Crippen molar-refractivity contribution < 1.29 is 9.53 Å². The average Bonchev–Trinajstić information content (AvgIpc) is 2.94. The number of thiazole rings is 1. The van der Waals surface area contributed by atoms with E-state index >= 15 is 0 Å². The molecule has 0 aromatic carbocycles. The van der Waals surface area contributed by atoms with Gasteiger partial charge in [0.2, 0.25) is 0 Å².